The molecule has 0 aliphatic carbocycles. The van der Waals surface area contributed by atoms with Crippen molar-refractivity contribution in [2.45, 2.75) is 32.9 Å². The zero-order valence-electron chi connectivity index (χ0n) is 16.3. The van der Waals surface area contributed by atoms with E-state index in [4.69, 9.17) is 0 Å². The van der Waals surface area contributed by atoms with Gasteiger partial charge >= 0.3 is 6.18 Å². The molecule has 0 spiro atoms. The lowest BCUT2D eigenvalue weighted by Crippen LogP contribution is -2.44. The van der Waals surface area contributed by atoms with Gasteiger partial charge in [-0.15, -0.1) is 0 Å². The van der Waals surface area contributed by atoms with E-state index in [1.54, 1.807) is 17.0 Å². The van der Waals surface area contributed by atoms with E-state index in [0.717, 1.165) is 17.2 Å². The predicted octanol–water partition coefficient (Wildman–Crippen LogP) is 4.81. The summed E-state index contributed by atoms with van der Waals surface area (Å²) in [5.74, 6) is -1.22. The molecule has 0 bridgehead atoms. The zero-order valence-corrected chi connectivity index (χ0v) is 16.3. The summed E-state index contributed by atoms with van der Waals surface area (Å²) < 4.78 is 39.5. The molecule has 0 aromatic heterocycles. The molecule has 1 atom stereocenters. The fourth-order valence-electron chi connectivity index (χ4n) is 3.73. The molecule has 2 amide bonds. The van der Waals surface area contributed by atoms with E-state index in [-0.39, 0.29) is 18.1 Å². The van der Waals surface area contributed by atoms with E-state index < -0.39 is 23.6 Å². The van der Waals surface area contributed by atoms with Crippen LogP contribution in [0.1, 0.15) is 39.9 Å². The van der Waals surface area contributed by atoms with E-state index in [1.807, 2.05) is 19.9 Å². The topological polar surface area (TPSA) is 49.4 Å². The van der Waals surface area contributed by atoms with Gasteiger partial charge in [0.1, 0.15) is 0 Å². The lowest BCUT2D eigenvalue weighted by atomic mass is 9.95. The first-order valence-electron chi connectivity index (χ1n) is 9.50. The van der Waals surface area contributed by atoms with Crippen LogP contribution in [-0.2, 0) is 11.0 Å². The molecule has 2 aromatic carbocycles. The monoisotopic (exact) mass is 404 g/mol. The second kappa shape index (κ2) is 8.27. The molecule has 29 heavy (non-hydrogen) atoms. The second-order valence-electron chi connectivity index (χ2n) is 7.50. The Balaban J connectivity index is 1.73. The molecule has 3 rings (SSSR count). The first-order chi connectivity index (χ1) is 13.6. The van der Waals surface area contributed by atoms with E-state index in [0.29, 0.717) is 24.9 Å². The van der Waals surface area contributed by atoms with Crippen LogP contribution < -0.4 is 5.32 Å². The molecule has 1 aliphatic heterocycles. The lowest BCUT2D eigenvalue weighted by Gasteiger charge is -2.32. The molecule has 2 aromatic rings. The van der Waals surface area contributed by atoms with Gasteiger partial charge in [-0.3, -0.25) is 9.59 Å². The van der Waals surface area contributed by atoms with Crippen LogP contribution in [0.2, 0.25) is 0 Å². The van der Waals surface area contributed by atoms with Crippen LogP contribution in [0.15, 0.2) is 42.5 Å². The van der Waals surface area contributed by atoms with Crippen molar-refractivity contribution in [2.24, 2.45) is 5.92 Å². The third-order valence-corrected chi connectivity index (χ3v) is 5.04. The summed E-state index contributed by atoms with van der Waals surface area (Å²) >= 11 is 0. The van der Waals surface area contributed by atoms with Gasteiger partial charge in [0, 0.05) is 18.7 Å². The number of alkyl halides is 3. The Kier molecular flexibility index (Phi) is 5.96. The summed E-state index contributed by atoms with van der Waals surface area (Å²) in [6.45, 7) is 4.53. The number of hydrogen-bond acceptors (Lipinski definition) is 2. The number of carbonyl (C=O) groups is 2. The Morgan fingerprint density at radius 1 is 1.07 bits per heavy atom. The molecular formula is C22H23F3N2O2. The van der Waals surface area contributed by atoms with Crippen molar-refractivity contribution in [2.75, 3.05) is 18.4 Å². The van der Waals surface area contributed by atoms with Gasteiger partial charge in [-0.25, -0.2) is 0 Å². The number of benzene rings is 2. The number of amides is 2. The molecule has 1 heterocycles. The Morgan fingerprint density at radius 2 is 1.72 bits per heavy atom. The second-order valence-corrected chi connectivity index (χ2v) is 7.50. The largest absolute Gasteiger partial charge is 0.418 e. The minimum Gasteiger partial charge on any atom is -0.338 e. The molecule has 7 heteroatoms. The van der Waals surface area contributed by atoms with Gasteiger partial charge in [0.2, 0.25) is 5.91 Å². The van der Waals surface area contributed by atoms with Crippen molar-refractivity contribution in [1.82, 2.24) is 4.90 Å². The number of piperidine rings is 1. The number of hydrogen-bond donors (Lipinski definition) is 1. The first-order valence-corrected chi connectivity index (χ1v) is 9.50. The summed E-state index contributed by atoms with van der Waals surface area (Å²) in [7, 11) is 0. The van der Waals surface area contributed by atoms with E-state index in [1.165, 1.54) is 18.2 Å². The maximum absolute atomic E-state index is 13.2. The Bertz CT molecular complexity index is 904. The number of para-hydroxylation sites is 1. The van der Waals surface area contributed by atoms with Gasteiger partial charge in [-0.1, -0.05) is 29.3 Å². The standard InChI is InChI=1S/C22H23F3N2O2/c1-14-10-15(2)12-17(11-14)21(29)27-9-5-6-16(13-27)20(28)26-19-8-4-3-7-18(19)22(23,24)25/h3-4,7-8,10-12,16H,5-6,9,13H2,1-2H3,(H,26,28)/t16-/m0/s1. The molecule has 0 radical (unpaired) electrons. The normalized spacial score (nSPS) is 17.1. The average Bonchev–Trinajstić information content (AvgIpc) is 2.66. The third kappa shape index (κ3) is 4.96. The summed E-state index contributed by atoms with van der Waals surface area (Å²) in [4.78, 5) is 27.1. The number of carbonyl (C=O) groups excluding carboxylic acids is 2. The number of anilines is 1. The quantitative estimate of drug-likeness (QED) is 0.798. The number of aryl methyl sites for hydroxylation is 2. The number of halogens is 3. The van der Waals surface area contributed by atoms with Crippen LogP contribution in [0.25, 0.3) is 0 Å². The summed E-state index contributed by atoms with van der Waals surface area (Å²) in [6, 6.07) is 10.5. The number of likely N-dealkylation sites (tertiary alicyclic amines) is 1. The molecule has 154 valence electrons. The Morgan fingerprint density at radius 3 is 2.38 bits per heavy atom. The molecule has 0 unspecified atom stereocenters. The van der Waals surface area contributed by atoms with Crippen molar-refractivity contribution in [3.63, 3.8) is 0 Å². The van der Waals surface area contributed by atoms with Crippen molar-refractivity contribution in [3.05, 3.63) is 64.7 Å². The fourth-order valence-corrected chi connectivity index (χ4v) is 3.73. The molecule has 0 saturated carbocycles. The number of rotatable bonds is 3. The highest BCUT2D eigenvalue weighted by atomic mass is 19.4. The van der Waals surface area contributed by atoms with Gasteiger partial charge < -0.3 is 10.2 Å². The third-order valence-electron chi connectivity index (χ3n) is 5.04. The smallest absolute Gasteiger partial charge is 0.338 e. The fraction of sp³-hybridized carbons (Fsp3) is 0.364. The van der Waals surface area contributed by atoms with Gasteiger partial charge in [0.05, 0.1) is 17.2 Å². The predicted molar refractivity (Wildman–Crippen MR) is 105 cm³/mol. The summed E-state index contributed by atoms with van der Waals surface area (Å²) in [5.41, 5.74) is 1.37. The Labute approximate surface area is 167 Å². The number of nitrogens with one attached hydrogen (secondary N) is 1. The molecule has 1 aliphatic rings. The van der Waals surface area contributed by atoms with Crippen LogP contribution >= 0.6 is 0 Å². The number of nitrogens with zero attached hydrogens (tertiary/aromatic N) is 1. The highest BCUT2D eigenvalue weighted by molar-refractivity contribution is 5.96. The first kappa shape index (κ1) is 20.9. The highest BCUT2D eigenvalue weighted by Gasteiger charge is 2.35. The lowest BCUT2D eigenvalue weighted by molar-refractivity contribution is -0.137. The SMILES string of the molecule is Cc1cc(C)cc(C(=O)N2CCC[C@H](C(=O)Nc3ccccc3C(F)(F)F)C2)c1. The van der Waals surface area contributed by atoms with E-state index in [2.05, 4.69) is 5.32 Å². The van der Waals surface area contributed by atoms with Crippen molar-refractivity contribution < 1.29 is 22.8 Å². The van der Waals surface area contributed by atoms with Crippen LogP contribution in [0.5, 0.6) is 0 Å². The van der Waals surface area contributed by atoms with Gasteiger partial charge in [-0.2, -0.15) is 13.2 Å². The Hall–Kier alpha value is -2.83. The van der Waals surface area contributed by atoms with Crippen LogP contribution in [0.4, 0.5) is 18.9 Å². The van der Waals surface area contributed by atoms with Gasteiger partial charge in [-0.05, 0) is 51.0 Å². The minimum atomic E-state index is -4.55. The molecule has 4 nitrogen and oxygen atoms in total. The highest BCUT2D eigenvalue weighted by Crippen LogP contribution is 2.35. The van der Waals surface area contributed by atoms with E-state index in [9.17, 15) is 22.8 Å². The molecule has 1 fully saturated rings. The summed E-state index contributed by atoms with van der Waals surface area (Å²) in [5, 5.41) is 2.41. The van der Waals surface area contributed by atoms with Gasteiger partial charge in [0.15, 0.2) is 0 Å². The van der Waals surface area contributed by atoms with Crippen molar-refractivity contribution in [3.8, 4) is 0 Å². The minimum absolute atomic E-state index is 0.162. The van der Waals surface area contributed by atoms with Crippen molar-refractivity contribution >= 4 is 17.5 Å². The van der Waals surface area contributed by atoms with Crippen LogP contribution in [-0.4, -0.2) is 29.8 Å². The van der Waals surface area contributed by atoms with Gasteiger partial charge in [0.25, 0.3) is 5.91 Å². The average molecular weight is 404 g/mol. The van der Waals surface area contributed by atoms with Crippen LogP contribution in [0, 0.1) is 19.8 Å². The maximum atomic E-state index is 13.2. The maximum Gasteiger partial charge on any atom is 0.418 e. The summed E-state index contributed by atoms with van der Waals surface area (Å²) in [6.07, 6.45) is -3.41. The van der Waals surface area contributed by atoms with Crippen molar-refractivity contribution in [1.29, 1.82) is 0 Å². The molecule has 1 saturated heterocycles. The zero-order chi connectivity index (χ0) is 21.2. The van der Waals surface area contributed by atoms with E-state index >= 15 is 0 Å². The van der Waals surface area contributed by atoms with Crippen LogP contribution in [0.3, 0.4) is 0 Å². The molecule has 1 N–H and O–H groups in total. The molecular weight excluding hydrogens is 381 g/mol.